The molecule has 6 rings (SSSR count). The second kappa shape index (κ2) is 12.3. The van der Waals surface area contributed by atoms with Crippen molar-refractivity contribution in [3.8, 4) is 0 Å². The first-order valence-electron chi connectivity index (χ1n) is 16.6. The number of esters is 5. The quantitative estimate of drug-likeness (QED) is 0.251. The molecule has 266 valence electrons. The fourth-order valence-electron chi connectivity index (χ4n) is 9.26. The maximum Gasteiger partial charge on any atom is 0.341 e. The summed E-state index contributed by atoms with van der Waals surface area (Å²) in [4.78, 5) is 67.1. The van der Waals surface area contributed by atoms with Crippen LogP contribution in [0.25, 0.3) is 0 Å². The molecule has 50 heavy (non-hydrogen) atoms. The molecule has 12 heteroatoms. The molecule has 2 heterocycles. The molecule has 1 N–H and O–H groups in total. The van der Waals surface area contributed by atoms with Gasteiger partial charge in [-0.15, -0.1) is 6.58 Å². The molecule has 2 aliphatic carbocycles. The highest BCUT2D eigenvalue weighted by atomic mass is 16.8. The van der Waals surface area contributed by atoms with E-state index in [1.807, 2.05) is 0 Å². The van der Waals surface area contributed by atoms with E-state index in [2.05, 4.69) is 6.58 Å². The van der Waals surface area contributed by atoms with Crippen molar-refractivity contribution in [3.63, 3.8) is 0 Å². The van der Waals surface area contributed by atoms with Gasteiger partial charge in [0.2, 0.25) is 5.79 Å². The van der Waals surface area contributed by atoms with Crippen molar-refractivity contribution in [1.82, 2.24) is 0 Å². The van der Waals surface area contributed by atoms with Gasteiger partial charge < -0.3 is 33.5 Å². The first-order chi connectivity index (χ1) is 23.5. The Balaban J connectivity index is 1.61. The van der Waals surface area contributed by atoms with E-state index >= 15 is 0 Å². The molecule has 0 radical (unpaired) electrons. The number of carbonyl (C=O) groups is 5. The normalized spacial score (nSPS) is 37.9. The lowest BCUT2D eigenvalue weighted by Crippen LogP contribution is -2.79. The highest BCUT2D eigenvalue weighted by Crippen LogP contribution is 2.70. The predicted octanol–water partition coefficient (Wildman–Crippen LogP) is 4.19. The fourth-order valence-corrected chi connectivity index (χ4v) is 9.26. The maximum absolute atomic E-state index is 14.0. The standard InChI is InChI=1S/C38H42O12/c1-8-24-27(47-32(42)22-15-11-9-12-16-22)29-36(6)25(19-26(41)38(29)49-34(44)37(24,7)50-38)35(4,5)30(46-21(3)40)28(45-20(2)39)31(36)48-33(43)23-17-13-10-14-18-23/h8-18,24-31,41H,1,19H2,2-7H3/t24-,25-,26+,27+,28-,29+,30+,31-,36-,37+,38-/m0/s1. The molecule has 11 atom stereocenters. The first-order valence-corrected chi connectivity index (χ1v) is 16.6. The zero-order chi connectivity index (χ0) is 36.4. The minimum absolute atomic E-state index is 0.0919. The fraction of sp³-hybridized carbons (Fsp3) is 0.500. The minimum Gasteiger partial charge on any atom is -0.458 e. The van der Waals surface area contributed by atoms with Crippen LogP contribution in [0.5, 0.6) is 0 Å². The summed E-state index contributed by atoms with van der Waals surface area (Å²) >= 11 is 0. The monoisotopic (exact) mass is 690 g/mol. The molecule has 2 saturated heterocycles. The van der Waals surface area contributed by atoms with Gasteiger partial charge in [-0.2, -0.15) is 0 Å². The van der Waals surface area contributed by atoms with Gasteiger partial charge in [0.1, 0.15) is 24.4 Å². The SMILES string of the molecule is C=C[C@H]1[C@@H](OC(=O)c2ccccc2)[C@H]2[C@]3(OC(=O)[C@]1(C)O3)[C@H](O)C[C@H]1C(C)(C)[C@H](OC(C)=O)[C@H](OC(C)=O)[C@H](OC(=O)c3ccccc3)[C@@]12C. The van der Waals surface area contributed by atoms with Gasteiger partial charge in [0, 0.05) is 24.7 Å². The molecule has 12 nitrogen and oxygen atoms in total. The Morgan fingerprint density at radius 3 is 1.86 bits per heavy atom. The van der Waals surface area contributed by atoms with E-state index in [-0.39, 0.29) is 17.5 Å². The van der Waals surface area contributed by atoms with Crippen LogP contribution in [0.4, 0.5) is 0 Å². The van der Waals surface area contributed by atoms with Crippen LogP contribution in [0.1, 0.15) is 68.7 Å². The van der Waals surface area contributed by atoms with Crippen LogP contribution >= 0.6 is 0 Å². The summed E-state index contributed by atoms with van der Waals surface area (Å²) in [5.74, 6) is -8.80. The molecule has 2 saturated carbocycles. The highest BCUT2D eigenvalue weighted by molar-refractivity contribution is 5.90. The molecular weight excluding hydrogens is 648 g/mol. The Bertz CT molecular complexity index is 1710. The van der Waals surface area contributed by atoms with E-state index in [4.69, 9.17) is 28.4 Å². The van der Waals surface area contributed by atoms with Crippen molar-refractivity contribution < 1.29 is 57.5 Å². The molecule has 4 fully saturated rings. The summed E-state index contributed by atoms with van der Waals surface area (Å²) in [6.45, 7) is 13.2. The molecule has 1 spiro atoms. The number of rotatable bonds is 7. The molecule has 2 aromatic carbocycles. The lowest BCUT2D eigenvalue weighted by Gasteiger charge is -2.68. The molecule has 0 aromatic heterocycles. The van der Waals surface area contributed by atoms with Gasteiger partial charge in [0.15, 0.2) is 11.7 Å². The largest absolute Gasteiger partial charge is 0.458 e. The lowest BCUT2D eigenvalue weighted by molar-refractivity contribution is -0.388. The second-order valence-corrected chi connectivity index (χ2v) is 14.6. The van der Waals surface area contributed by atoms with Crippen molar-refractivity contribution in [2.45, 2.75) is 89.9 Å². The van der Waals surface area contributed by atoms with Gasteiger partial charge in [0.05, 0.1) is 23.0 Å². The van der Waals surface area contributed by atoms with Gasteiger partial charge in [-0.3, -0.25) is 9.59 Å². The Labute approximate surface area is 290 Å². The van der Waals surface area contributed by atoms with Gasteiger partial charge in [-0.25, -0.2) is 14.4 Å². The summed E-state index contributed by atoms with van der Waals surface area (Å²) in [5, 5.41) is 12.1. The predicted molar refractivity (Wildman–Crippen MR) is 174 cm³/mol. The summed E-state index contributed by atoms with van der Waals surface area (Å²) < 4.78 is 37.1. The third-order valence-corrected chi connectivity index (χ3v) is 11.3. The van der Waals surface area contributed by atoms with Crippen molar-refractivity contribution in [2.24, 2.45) is 28.6 Å². The number of fused-ring (bicyclic) bond motifs is 3. The zero-order valence-corrected chi connectivity index (χ0v) is 28.8. The molecule has 0 unspecified atom stereocenters. The van der Waals surface area contributed by atoms with E-state index in [1.54, 1.807) is 81.4 Å². The summed E-state index contributed by atoms with van der Waals surface area (Å²) in [6.07, 6.45) is -5.37. The highest BCUT2D eigenvalue weighted by Gasteiger charge is 2.83. The average molecular weight is 691 g/mol. The number of aliphatic hydroxyl groups excluding tert-OH is 1. The Morgan fingerprint density at radius 1 is 0.800 bits per heavy atom. The van der Waals surface area contributed by atoms with Crippen LogP contribution < -0.4 is 0 Å². The minimum atomic E-state index is -2.10. The first kappa shape index (κ1) is 35.3. The number of carbonyl (C=O) groups excluding carboxylic acids is 5. The summed E-state index contributed by atoms with van der Waals surface area (Å²) in [7, 11) is 0. The van der Waals surface area contributed by atoms with E-state index in [1.165, 1.54) is 26.8 Å². The smallest absolute Gasteiger partial charge is 0.341 e. The number of ether oxygens (including phenoxy) is 6. The lowest BCUT2D eigenvalue weighted by atomic mass is 9.42. The third kappa shape index (κ3) is 5.22. The third-order valence-electron chi connectivity index (χ3n) is 11.3. The summed E-state index contributed by atoms with van der Waals surface area (Å²) in [5.41, 5.74) is -3.88. The Kier molecular flexibility index (Phi) is 8.71. The number of aliphatic hydroxyl groups is 1. The summed E-state index contributed by atoms with van der Waals surface area (Å²) in [6, 6.07) is 16.4. The molecule has 2 aliphatic heterocycles. The Morgan fingerprint density at radius 2 is 1.34 bits per heavy atom. The number of benzene rings is 2. The van der Waals surface area contributed by atoms with Crippen molar-refractivity contribution >= 4 is 29.8 Å². The maximum atomic E-state index is 14.0. The van der Waals surface area contributed by atoms with E-state index in [0.717, 1.165) is 0 Å². The van der Waals surface area contributed by atoms with E-state index in [0.29, 0.717) is 0 Å². The van der Waals surface area contributed by atoms with Crippen molar-refractivity contribution in [1.29, 1.82) is 0 Å². The van der Waals surface area contributed by atoms with Crippen LogP contribution in [0.2, 0.25) is 0 Å². The van der Waals surface area contributed by atoms with Crippen molar-refractivity contribution in [2.75, 3.05) is 0 Å². The topological polar surface area (TPSA) is 161 Å². The van der Waals surface area contributed by atoms with Crippen LogP contribution in [-0.4, -0.2) is 76.9 Å². The van der Waals surface area contributed by atoms with Gasteiger partial charge in [-0.05, 0) is 43.5 Å². The number of hydrogen-bond acceptors (Lipinski definition) is 12. The molecule has 2 aromatic rings. The Hall–Kier alpha value is -4.55. The van der Waals surface area contributed by atoms with Crippen LogP contribution in [0.15, 0.2) is 73.3 Å². The molecular formula is C38H42O12. The van der Waals surface area contributed by atoms with Gasteiger partial charge >= 0.3 is 29.8 Å². The van der Waals surface area contributed by atoms with Crippen LogP contribution in [0, 0.1) is 28.6 Å². The second-order valence-electron chi connectivity index (χ2n) is 14.6. The van der Waals surface area contributed by atoms with E-state index in [9.17, 15) is 29.1 Å². The average Bonchev–Trinajstić information content (AvgIpc) is 3.29. The van der Waals surface area contributed by atoms with Crippen molar-refractivity contribution in [3.05, 3.63) is 84.4 Å². The van der Waals surface area contributed by atoms with Gasteiger partial charge in [0.25, 0.3) is 0 Å². The van der Waals surface area contributed by atoms with Crippen LogP contribution in [0.3, 0.4) is 0 Å². The van der Waals surface area contributed by atoms with E-state index < -0.39 is 100 Å². The van der Waals surface area contributed by atoms with Crippen LogP contribution in [-0.2, 0) is 42.8 Å². The molecule has 0 amide bonds. The molecule has 2 bridgehead atoms. The van der Waals surface area contributed by atoms with Gasteiger partial charge in [-0.1, -0.05) is 63.2 Å². The zero-order valence-electron chi connectivity index (χ0n) is 28.8. The number of hydrogen-bond donors (Lipinski definition) is 1. The molecule has 4 aliphatic rings.